The van der Waals surface area contributed by atoms with Crippen molar-refractivity contribution in [1.82, 2.24) is 0 Å². The second kappa shape index (κ2) is 9.68. The highest BCUT2D eigenvalue weighted by Gasteiger charge is 2.17. The van der Waals surface area contributed by atoms with Crippen molar-refractivity contribution in [3.63, 3.8) is 0 Å². The lowest BCUT2D eigenvalue weighted by atomic mass is 10.1. The van der Waals surface area contributed by atoms with Gasteiger partial charge in [-0.15, -0.1) is 0 Å². The molecule has 0 aliphatic rings. The van der Waals surface area contributed by atoms with Crippen LogP contribution in [0.15, 0.2) is 76.1 Å². The van der Waals surface area contributed by atoms with Crippen molar-refractivity contribution in [2.75, 3.05) is 19.5 Å². The van der Waals surface area contributed by atoms with Crippen LogP contribution in [0.3, 0.4) is 0 Å². The van der Waals surface area contributed by atoms with Gasteiger partial charge in [0.15, 0.2) is 11.3 Å². The summed E-state index contributed by atoms with van der Waals surface area (Å²) in [6, 6.07) is 17.4. The summed E-state index contributed by atoms with van der Waals surface area (Å²) in [5, 5.41) is 14.8. The minimum atomic E-state index is -1.30. The summed E-state index contributed by atoms with van der Waals surface area (Å²) in [5.74, 6) is -0.931. The number of halogens is 1. The first-order chi connectivity index (χ1) is 16.4. The van der Waals surface area contributed by atoms with Crippen LogP contribution >= 0.6 is 11.6 Å². The van der Waals surface area contributed by atoms with Crippen molar-refractivity contribution in [2.45, 2.75) is 0 Å². The van der Waals surface area contributed by atoms with Crippen LogP contribution in [0.25, 0.3) is 11.0 Å². The summed E-state index contributed by atoms with van der Waals surface area (Å²) in [6.45, 7) is 0. The van der Waals surface area contributed by atoms with Crippen LogP contribution in [0.4, 0.5) is 11.4 Å². The molecule has 0 unspecified atom stereocenters. The summed E-state index contributed by atoms with van der Waals surface area (Å²) in [4.78, 5) is 28.8. The minimum absolute atomic E-state index is 0.00193. The molecule has 4 aromatic rings. The van der Waals surface area contributed by atoms with Crippen LogP contribution in [0.2, 0.25) is 5.02 Å². The van der Waals surface area contributed by atoms with E-state index in [1.54, 1.807) is 42.5 Å². The number of ether oxygens (including phenoxy) is 2. The number of nitrogens with zero attached hydrogens (tertiary/aromatic N) is 1. The van der Waals surface area contributed by atoms with Crippen LogP contribution < -0.4 is 25.5 Å². The summed E-state index contributed by atoms with van der Waals surface area (Å²) < 4.78 is 16.7. The highest BCUT2D eigenvalue weighted by Crippen LogP contribution is 2.29. The van der Waals surface area contributed by atoms with Gasteiger partial charge in [-0.3, -0.25) is 4.79 Å². The fraction of sp³-hybridized carbons (Fsp3) is 0.0800. The fourth-order valence-electron chi connectivity index (χ4n) is 3.29. The standard InChI is InChI=1S/C25H19ClN2O6/c1-32-20-11-8-16(26)13-19(20)28-23(29)18-12-15-4-3-5-21(33-2)22(15)34-24(18)27-17-9-6-14(7-10-17)25(30)31/h3-13H,1-2H3,(H,28,29)(H,30,31)/p-1. The van der Waals surface area contributed by atoms with Gasteiger partial charge < -0.3 is 29.1 Å². The van der Waals surface area contributed by atoms with Crippen LogP contribution in [-0.4, -0.2) is 26.1 Å². The maximum absolute atomic E-state index is 13.3. The Kier molecular flexibility index (Phi) is 6.51. The molecule has 8 nitrogen and oxygen atoms in total. The second-order valence-corrected chi connectivity index (χ2v) is 7.53. The number of benzene rings is 3. The number of fused-ring (bicyclic) bond motifs is 1. The zero-order chi connectivity index (χ0) is 24.2. The molecule has 0 radical (unpaired) electrons. The summed E-state index contributed by atoms with van der Waals surface area (Å²) in [6.07, 6.45) is 0. The van der Waals surface area contributed by atoms with Crippen molar-refractivity contribution in [3.8, 4) is 11.5 Å². The topological polar surface area (TPSA) is 113 Å². The summed E-state index contributed by atoms with van der Waals surface area (Å²) in [5.41, 5.74) is 1.27. The molecule has 34 heavy (non-hydrogen) atoms. The van der Waals surface area contributed by atoms with Crippen molar-refractivity contribution in [2.24, 2.45) is 4.99 Å². The van der Waals surface area contributed by atoms with Gasteiger partial charge in [0.25, 0.3) is 5.91 Å². The summed E-state index contributed by atoms with van der Waals surface area (Å²) in [7, 11) is 2.99. The first-order valence-corrected chi connectivity index (χ1v) is 10.4. The number of methoxy groups -OCH3 is 2. The normalized spacial score (nSPS) is 11.3. The van der Waals surface area contributed by atoms with Crippen molar-refractivity contribution in [3.05, 3.63) is 88.4 Å². The van der Waals surface area contributed by atoms with Crippen LogP contribution in [0.1, 0.15) is 20.7 Å². The van der Waals surface area contributed by atoms with Crippen molar-refractivity contribution >= 4 is 45.8 Å². The zero-order valence-electron chi connectivity index (χ0n) is 18.1. The molecule has 0 saturated carbocycles. The SMILES string of the molecule is COc1ccc(Cl)cc1NC(=O)c1cc2cccc(OC)c2oc1=Nc1ccc(C(=O)[O-])cc1. The maximum atomic E-state index is 13.3. The van der Waals surface area contributed by atoms with Gasteiger partial charge in [0.2, 0.25) is 5.55 Å². The Morgan fingerprint density at radius 2 is 1.71 bits per heavy atom. The molecule has 3 aromatic carbocycles. The van der Waals surface area contributed by atoms with Gasteiger partial charge in [-0.25, -0.2) is 4.99 Å². The maximum Gasteiger partial charge on any atom is 0.261 e. The number of amides is 1. The molecule has 0 aliphatic carbocycles. The number of rotatable bonds is 6. The second-order valence-electron chi connectivity index (χ2n) is 7.09. The van der Waals surface area contributed by atoms with Gasteiger partial charge in [-0.1, -0.05) is 35.9 Å². The molecule has 4 rings (SSSR count). The molecule has 0 atom stereocenters. The lowest BCUT2D eigenvalue weighted by molar-refractivity contribution is -0.255. The predicted molar refractivity (Wildman–Crippen MR) is 125 cm³/mol. The van der Waals surface area contributed by atoms with E-state index in [2.05, 4.69) is 10.3 Å². The molecular weight excluding hydrogens is 460 g/mol. The number of carboxylic acid groups (broad SMARTS) is 1. The Labute approximate surface area is 199 Å². The van der Waals surface area contributed by atoms with E-state index in [4.69, 9.17) is 25.5 Å². The molecule has 9 heteroatoms. The lowest BCUT2D eigenvalue weighted by Crippen LogP contribution is -2.22. The summed E-state index contributed by atoms with van der Waals surface area (Å²) >= 11 is 6.08. The third kappa shape index (κ3) is 4.72. The highest BCUT2D eigenvalue weighted by atomic mass is 35.5. The number of nitrogens with one attached hydrogen (secondary N) is 1. The predicted octanol–water partition coefficient (Wildman–Crippen LogP) is 3.95. The number of hydrogen-bond acceptors (Lipinski definition) is 7. The first-order valence-electron chi connectivity index (χ1n) is 10.0. The third-order valence-corrected chi connectivity index (χ3v) is 5.18. The highest BCUT2D eigenvalue weighted by molar-refractivity contribution is 6.31. The number of carbonyl (C=O) groups excluding carboxylic acids is 2. The largest absolute Gasteiger partial charge is 0.545 e. The van der Waals surface area contributed by atoms with Gasteiger partial charge in [-0.05, 0) is 48.0 Å². The van der Waals surface area contributed by atoms with Gasteiger partial charge >= 0.3 is 0 Å². The monoisotopic (exact) mass is 477 g/mol. The minimum Gasteiger partial charge on any atom is -0.545 e. The molecule has 0 spiro atoms. The molecule has 172 valence electrons. The van der Waals surface area contributed by atoms with E-state index in [1.807, 2.05) is 0 Å². The quantitative estimate of drug-likeness (QED) is 0.450. The Morgan fingerprint density at radius 1 is 0.971 bits per heavy atom. The van der Waals surface area contributed by atoms with Gasteiger partial charge in [0.1, 0.15) is 11.3 Å². The van der Waals surface area contributed by atoms with Crippen LogP contribution in [-0.2, 0) is 0 Å². The average Bonchev–Trinajstić information content (AvgIpc) is 2.83. The molecular formula is C25H18ClN2O6-. The molecule has 1 aromatic heterocycles. The molecule has 1 heterocycles. The van der Waals surface area contributed by atoms with Gasteiger partial charge in [0, 0.05) is 10.4 Å². The Balaban J connectivity index is 1.87. The number of para-hydroxylation sites is 1. The Morgan fingerprint density at radius 3 is 2.38 bits per heavy atom. The number of anilines is 1. The molecule has 1 amide bonds. The zero-order valence-corrected chi connectivity index (χ0v) is 18.9. The number of hydrogen-bond donors (Lipinski definition) is 1. The molecule has 1 N–H and O–H groups in total. The van der Waals surface area contributed by atoms with Crippen molar-refractivity contribution < 1.29 is 28.6 Å². The molecule has 0 aliphatic heterocycles. The Hall–Kier alpha value is -4.30. The van der Waals surface area contributed by atoms with Crippen LogP contribution in [0, 0.1) is 0 Å². The number of carboxylic acids is 1. The van der Waals surface area contributed by atoms with E-state index in [9.17, 15) is 14.7 Å². The van der Waals surface area contributed by atoms with Crippen molar-refractivity contribution in [1.29, 1.82) is 0 Å². The fourth-order valence-corrected chi connectivity index (χ4v) is 3.46. The molecule has 0 fully saturated rings. The van der Waals surface area contributed by atoms with Gasteiger partial charge in [0.05, 0.1) is 31.6 Å². The van der Waals surface area contributed by atoms with Crippen LogP contribution in [0.5, 0.6) is 11.5 Å². The van der Waals surface area contributed by atoms with E-state index in [0.717, 1.165) is 0 Å². The third-order valence-electron chi connectivity index (χ3n) is 4.95. The lowest BCUT2D eigenvalue weighted by Gasteiger charge is -2.12. The molecule has 0 saturated heterocycles. The van der Waals surface area contributed by atoms with E-state index in [0.29, 0.717) is 38.9 Å². The first kappa shape index (κ1) is 22.9. The van der Waals surface area contributed by atoms with E-state index in [1.165, 1.54) is 38.5 Å². The molecule has 0 bridgehead atoms. The van der Waals surface area contributed by atoms with E-state index in [-0.39, 0.29) is 16.7 Å². The number of aromatic carboxylic acids is 1. The van der Waals surface area contributed by atoms with E-state index < -0.39 is 11.9 Å². The average molecular weight is 478 g/mol. The van der Waals surface area contributed by atoms with Gasteiger partial charge in [-0.2, -0.15) is 0 Å². The smallest absolute Gasteiger partial charge is 0.261 e. The Bertz CT molecular complexity index is 1460. The number of carbonyl (C=O) groups is 2. The van der Waals surface area contributed by atoms with E-state index >= 15 is 0 Å².